The lowest BCUT2D eigenvalue weighted by atomic mass is 10.0. The van der Waals surface area contributed by atoms with Gasteiger partial charge < -0.3 is 4.90 Å². The molecule has 3 heteroatoms. The Kier molecular flexibility index (Phi) is 12.0. The molecule has 2 nitrogen and oxygen atoms in total. The average Bonchev–Trinajstić information content (AvgIpc) is 2.74. The van der Waals surface area contributed by atoms with Crippen LogP contribution in [0.15, 0.2) is 11.6 Å². The maximum Gasteiger partial charge on any atom is 0.162 e. The second-order valence-corrected chi connectivity index (χ2v) is 6.50. The van der Waals surface area contributed by atoms with Crippen LogP contribution in [0, 0.1) is 5.92 Å². The summed E-state index contributed by atoms with van der Waals surface area (Å²) in [4.78, 5) is 14.3. The van der Waals surface area contributed by atoms with Gasteiger partial charge in [0.05, 0.1) is 0 Å². The van der Waals surface area contributed by atoms with Crippen molar-refractivity contribution in [3.05, 3.63) is 11.6 Å². The van der Waals surface area contributed by atoms with Gasteiger partial charge >= 0.3 is 0 Å². The maximum atomic E-state index is 12.2. The molecule has 0 amide bonds. The van der Waals surface area contributed by atoms with Gasteiger partial charge in [0.15, 0.2) is 5.78 Å². The first-order chi connectivity index (χ1) is 9.65. The number of hydrogen-bond acceptors (Lipinski definition) is 2. The molecule has 0 bridgehead atoms. The number of allylic oxidation sites excluding steroid dienone is 2. The summed E-state index contributed by atoms with van der Waals surface area (Å²) in [5.74, 6) is 0.673. The molecule has 1 atom stereocenters. The van der Waals surface area contributed by atoms with Gasteiger partial charge in [-0.05, 0) is 45.4 Å². The van der Waals surface area contributed by atoms with E-state index >= 15 is 0 Å². The topological polar surface area (TPSA) is 20.3 Å². The van der Waals surface area contributed by atoms with Crippen molar-refractivity contribution >= 4 is 18.2 Å². The molecular formula is C18H34ClNO. The van der Waals surface area contributed by atoms with Crippen molar-refractivity contribution in [3.63, 3.8) is 0 Å². The molecule has 0 aromatic rings. The van der Waals surface area contributed by atoms with Gasteiger partial charge in [-0.3, -0.25) is 4.79 Å². The number of halogens is 1. The number of unbranched alkanes of at least 4 members (excludes halogenated alkanes) is 7. The Balaban J connectivity index is 0.00000400. The summed E-state index contributed by atoms with van der Waals surface area (Å²) in [5, 5.41) is 0. The molecule has 0 heterocycles. The summed E-state index contributed by atoms with van der Waals surface area (Å²) in [5.41, 5.74) is 1.11. The highest BCUT2D eigenvalue weighted by Crippen LogP contribution is 2.27. The lowest BCUT2D eigenvalue weighted by Crippen LogP contribution is -2.24. The van der Waals surface area contributed by atoms with E-state index in [2.05, 4.69) is 17.9 Å². The fraction of sp³-hybridized carbons (Fsp3) is 0.833. The summed E-state index contributed by atoms with van der Waals surface area (Å²) < 4.78 is 0. The zero-order valence-corrected chi connectivity index (χ0v) is 15.0. The van der Waals surface area contributed by atoms with E-state index in [1.165, 1.54) is 44.9 Å². The summed E-state index contributed by atoms with van der Waals surface area (Å²) in [6, 6.07) is 0. The predicted octanol–water partition coefficient (Wildman–Crippen LogP) is 5.02. The van der Waals surface area contributed by atoms with Crippen LogP contribution in [-0.2, 0) is 4.79 Å². The van der Waals surface area contributed by atoms with E-state index in [1.54, 1.807) is 0 Å². The molecule has 124 valence electrons. The first-order valence-electron chi connectivity index (χ1n) is 8.53. The minimum absolute atomic E-state index is 0. The molecule has 1 aliphatic carbocycles. The van der Waals surface area contributed by atoms with E-state index in [0.29, 0.717) is 5.78 Å². The maximum absolute atomic E-state index is 12.2. The van der Waals surface area contributed by atoms with Gasteiger partial charge in [0.25, 0.3) is 0 Å². The lowest BCUT2D eigenvalue weighted by molar-refractivity contribution is -0.118. The first kappa shape index (κ1) is 20.7. The van der Waals surface area contributed by atoms with Gasteiger partial charge in [-0.15, -0.1) is 12.4 Å². The third kappa shape index (κ3) is 8.63. The van der Waals surface area contributed by atoms with Gasteiger partial charge in [-0.1, -0.05) is 51.5 Å². The van der Waals surface area contributed by atoms with Crippen LogP contribution >= 0.6 is 12.4 Å². The normalized spacial score (nSPS) is 20.3. The molecule has 0 radical (unpaired) electrons. The molecule has 1 rings (SSSR count). The van der Waals surface area contributed by atoms with Crippen molar-refractivity contribution in [3.8, 4) is 0 Å². The molecule has 1 aliphatic rings. The van der Waals surface area contributed by atoms with Crippen molar-refractivity contribution in [2.24, 2.45) is 5.92 Å². The second kappa shape index (κ2) is 12.2. The first-order valence-corrected chi connectivity index (χ1v) is 8.53. The largest absolute Gasteiger partial charge is 0.309 e. The fourth-order valence-corrected chi connectivity index (χ4v) is 3.04. The molecule has 1 fully saturated rings. The molecule has 0 aromatic carbocycles. The Hall–Kier alpha value is -0.340. The monoisotopic (exact) mass is 315 g/mol. The molecule has 0 saturated heterocycles. The predicted molar refractivity (Wildman–Crippen MR) is 94.2 cm³/mol. The molecule has 1 saturated carbocycles. The minimum Gasteiger partial charge on any atom is -0.309 e. The summed E-state index contributed by atoms with van der Waals surface area (Å²) >= 11 is 0. The fourth-order valence-electron chi connectivity index (χ4n) is 3.04. The number of rotatable bonds is 10. The molecule has 1 unspecified atom stereocenters. The van der Waals surface area contributed by atoms with Gasteiger partial charge in [-0.25, -0.2) is 0 Å². The van der Waals surface area contributed by atoms with Crippen LogP contribution in [0.3, 0.4) is 0 Å². The van der Waals surface area contributed by atoms with Gasteiger partial charge in [0, 0.05) is 12.5 Å². The zero-order chi connectivity index (χ0) is 14.8. The Morgan fingerprint density at radius 3 is 2.33 bits per heavy atom. The van der Waals surface area contributed by atoms with Crippen LogP contribution in [0.25, 0.3) is 0 Å². The van der Waals surface area contributed by atoms with E-state index in [1.807, 2.05) is 14.1 Å². The van der Waals surface area contributed by atoms with Crippen molar-refractivity contribution < 1.29 is 4.79 Å². The number of carbonyl (C=O) groups is 1. The second-order valence-electron chi connectivity index (χ2n) is 6.50. The van der Waals surface area contributed by atoms with Crippen molar-refractivity contribution in [2.75, 3.05) is 20.6 Å². The van der Waals surface area contributed by atoms with Crippen LogP contribution in [-0.4, -0.2) is 31.3 Å². The summed E-state index contributed by atoms with van der Waals surface area (Å²) in [6.45, 7) is 3.17. The van der Waals surface area contributed by atoms with Crippen LogP contribution in [0.2, 0.25) is 0 Å². The van der Waals surface area contributed by atoms with Crippen LogP contribution in [0.4, 0.5) is 0 Å². The Morgan fingerprint density at radius 1 is 1.10 bits per heavy atom. The molecule has 21 heavy (non-hydrogen) atoms. The highest BCUT2D eigenvalue weighted by molar-refractivity contribution is 5.99. The van der Waals surface area contributed by atoms with Crippen LogP contribution in [0.5, 0.6) is 0 Å². The smallest absolute Gasteiger partial charge is 0.162 e. The summed E-state index contributed by atoms with van der Waals surface area (Å²) in [6.07, 6.45) is 14.8. The van der Waals surface area contributed by atoms with E-state index in [4.69, 9.17) is 0 Å². The third-order valence-electron chi connectivity index (χ3n) is 4.23. The SMILES string of the molecule is CCCCCCCCC/C=C1\CCC(CN(C)C)C1=O.Cl. The van der Waals surface area contributed by atoms with Gasteiger partial charge in [-0.2, -0.15) is 0 Å². The number of hydrogen-bond donors (Lipinski definition) is 0. The average molecular weight is 316 g/mol. The molecule has 0 aromatic heterocycles. The number of carbonyl (C=O) groups excluding carboxylic acids is 1. The van der Waals surface area contributed by atoms with Crippen LogP contribution in [0.1, 0.15) is 71.1 Å². The lowest BCUT2D eigenvalue weighted by Gasteiger charge is -2.13. The van der Waals surface area contributed by atoms with Crippen molar-refractivity contribution in [1.82, 2.24) is 4.90 Å². The van der Waals surface area contributed by atoms with Crippen LogP contribution < -0.4 is 0 Å². The van der Waals surface area contributed by atoms with Gasteiger partial charge in [0.1, 0.15) is 0 Å². The third-order valence-corrected chi connectivity index (χ3v) is 4.23. The molecule has 0 aliphatic heterocycles. The number of ketones is 1. The van der Waals surface area contributed by atoms with Crippen molar-refractivity contribution in [2.45, 2.75) is 71.1 Å². The van der Waals surface area contributed by atoms with E-state index in [9.17, 15) is 4.79 Å². The number of nitrogens with zero attached hydrogens (tertiary/aromatic N) is 1. The highest BCUT2D eigenvalue weighted by Gasteiger charge is 2.28. The standard InChI is InChI=1S/C18H33NO.ClH/c1-4-5-6-7-8-9-10-11-12-16-13-14-17(18(16)20)15-19(2)3;/h12,17H,4-11,13-15H2,1-3H3;1H/b16-12+;. The molecule has 0 spiro atoms. The zero-order valence-electron chi connectivity index (χ0n) is 14.2. The minimum atomic E-state index is 0. The van der Waals surface area contributed by atoms with E-state index in [0.717, 1.165) is 31.4 Å². The number of Topliss-reactive ketones (excluding diaryl/α,β-unsaturated/α-hetero) is 1. The van der Waals surface area contributed by atoms with E-state index < -0.39 is 0 Å². The molecule has 0 N–H and O–H groups in total. The Bertz CT molecular complexity index is 312. The van der Waals surface area contributed by atoms with Crippen molar-refractivity contribution in [1.29, 1.82) is 0 Å². The Morgan fingerprint density at radius 2 is 1.71 bits per heavy atom. The summed E-state index contributed by atoms with van der Waals surface area (Å²) in [7, 11) is 4.10. The van der Waals surface area contributed by atoms with Gasteiger partial charge in [0.2, 0.25) is 0 Å². The Labute approximate surface area is 137 Å². The van der Waals surface area contributed by atoms with E-state index in [-0.39, 0.29) is 18.3 Å². The quantitative estimate of drug-likeness (QED) is 0.417. The highest BCUT2D eigenvalue weighted by atomic mass is 35.5. The molecular weight excluding hydrogens is 282 g/mol.